The van der Waals surface area contributed by atoms with Crippen LogP contribution in [-0.2, 0) is 9.59 Å². The first kappa shape index (κ1) is 21.7. The molecule has 33 heavy (non-hydrogen) atoms. The third kappa shape index (κ3) is 4.15. The number of likely N-dealkylation sites (tertiary alicyclic amines) is 1. The second kappa shape index (κ2) is 9.02. The molecular weight excluding hydrogens is 412 g/mol. The number of likely N-dealkylation sites (N-methyl/N-ethyl adjacent to an activating group) is 1. The van der Waals surface area contributed by atoms with E-state index in [2.05, 4.69) is 28.7 Å². The van der Waals surface area contributed by atoms with Crippen LogP contribution in [0.4, 0.5) is 11.4 Å². The van der Waals surface area contributed by atoms with Gasteiger partial charge in [0, 0.05) is 45.0 Å². The highest BCUT2D eigenvalue weighted by Crippen LogP contribution is 2.36. The van der Waals surface area contributed by atoms with Gasteiger partial charge in [0.1, 0.15) is 5.70 Å². The minimum atomic E-state index is -0.229. The number of piperidine rings is 1. The normalized spacial score (nSPS) is 20.8. The summed E-state index contributed by atoms with van der Waals surface area (Å²) in [6.45, 7) is 7.90. The van der Waals surface area contributed by atoms with Gasteiger partial charge in [0.25, 0.3) is 11.8 Å². The van der Waals surface area contributed by atoms with Crippen LogP contribution in [0.5, 0.6) is 0 Å². The van der Waals surface area contributed by atoms with E-state index in [-0.39, 0.29) is 11.8 Å². The highest BCUT2D eigenvalue weighted by atomic mass is 16.2. The molecule has 0 aromatic heterocycles. The van der Waals surface area contributed by atoms with Crippen LogP contribution in [0.3, 0.4) is 0 Å². The highest BCUT2D eigenvalue weighted by molar-refractivity contribution is 6.45. The number of amides is 2. The van der Waals surface area contributed by atoms with Crippen molar-refractivity contribution in [3.63, 3.8) is 0 Å². The van der Waals surface area contributed by atoms with Crippen molar-refractivity contribution in [2.75, 3.05) is 56.1 Å². The van der Waals surface area contributed by atoms with Crippen molar-refractivity contribution in [3.05, 3.63) is 65.9 Å². The summed E-state index contributed by atoms with van der Waals surface area (Å²) in [6, 6.07) is 17.5. The van der Waals surface area contributed by atoms with E-state index in [4.69, 9.17) is 0 Å². The van der Waals surface area contributed by atoms with E-state index in [0.717, 1.165) is 63.4 Å². The molecule has 3 heterocycles. The first-order valence-corrected chi connectivity index (χ1v) is 12.0. The molecule has 0 saturated carbocycles. The molecule has 0 spiro atoms. The number of piperazine rings is 1. The Balaban J connectivity index is 1.45. The van der Waals surface area contributed by atoms with Gasteiger partial charge in [0.2, 0.25) is 0 Å². The number of hydrogen-bond acceptors (Lipinski definition) is 5. The zero-order chi connectivity index (χ0) is 22.9. The maximum atomic E-state index is 13.7. The standard InChI is InChI=1S/C27H32N4O2/c1-20-12-14-30(15-13-20)25-24(21-6-4-3-5-7-21)26(32)31(27(25)33)23-10-8-22(9-11-23)29-18-16-28(2)17-19-29/h3-11,20H,12-19H2,1-2H3. The fourth-order valence-electron chi connectivity index (χ4n) is 5.02. The molecule has 0 N–H and O–H groups in total. The topological polar surface area (TPSA) is 47.1 Å². The number of imide groups is 1. The van der Waals surface area contributed by atoms with Gasteiger partial charge in [-0.15, -0.1) is 0 Å². The van der Waals surface area contributed by atoms with Crippen LogP contribution < -0.4 is 9.80 Å². The largest absolute Gasteiger partial charge is 0.369 e. The summed E-state index contributed by atoms with van der Waals surface area (Å²) in [4.78, 5) is 35.5. The maximum absolute atomic E-state index is 13.7. The minimum Gasteiger partial charge on any atom is -0.369 e. The predicted octanol–water partition coefficient (Wildman–Crippen LogP) is 3.45. The summed E-state index contributed by atoms with van der Waals surface area (Å²) in [6.07, 6.45) is 2.07. The summed E-state index contributed by atoms with van der Waals surface area (Å²) >= 11 is 0. The summed E-state index contributed by atoms with van der Waals surface area (Å²) in [5.41, 5.74) is 3.66. The Morgan fingerprint density at radius 2 is 1.30 bits per heavy atom. The number of nitrogens with zero attached hydrogens (tertiary/aromatic N) is 4. The molecule has 0 bridgehead atoms. The SMILES string of the molecule is CC1CCN(C2=C(c3ccccc3)C(=O)N(c3ccc(N4CCN(C)CC4)cc3)C2=O)CC1. The molecule has 3 aliphatic heterocycles. The van der Waals surface area contributed by atoms with Crippen molar-refractivity contribution in [1.29, 1.82) is 0 Å². The van der Waals surface area contributed by atoms with Crippen LogP contribution >= 0.6 is 0 Å². The predicted molar refractivity (Wildman–Crippen MR) is 132 cm³/mol. The molecule has 5 rings (SSSR count). The number of carbonyl (C=O) groups excluding carboxylic acids is 2. The lowest BCUT2D eigenvalue weighted by Gasteiger charge is -2.34. The first-order chi connectivity index (χ1) is 16.0. The third-order valence-electron chi connectivity index (χ3n) is 7.20. The highest BCUT2D eigenvalue weighted by Gasteiger charge is 2.42. The van der Waals surface area contributed by atoms with Crippen LogP contribution in [0.1, 0.15) is 25.3 Å². The van der Waals surface area contributed by atoms with Gasteiger partial charge in [-0.05, 0) is 55.6 Å². The van der Waals surface area contributed by atoms with Gasteiger partial charge in [-0.3, -0.25) is 9.59 Å². The molecule has 0 aliphatic carbocycles. The Bertz CT molecular complexity index is 1050. The smallest absolute Gasteiger partial charge is 0.282 e. The minimum absolute atomic E-state index is 0.208. The Kier molecular flexibility index (Phi) is 5.94. The fourth-order valence-corrected chi connectivity index (χ4v) is 5.02. The van der Waals surface area contributed by atoms with Crippen molar-refractivity contribution in [2.24, 2.45) is 5.92 Å². The lowest BCUT2D eigenvalue weighted by atomic mass is 9.97. The van der Waals surface area contributed by atoms with Crippen LogP contribution in [0, 0.1) is 5.92 Å². The van der Waals surface area contributed by atoms with E-state index in [0.29, 0.717) is 22.9 Å². The van der Waals surface area contributed by atoms with Crippen LogP contribution in [-0.4, -0.2) is 67.9 Å². The second-order valence-electron chi connectivity index (χ2n) is 9.51. The zero-order valence-electron chi connectivity index (χ0n) is 19.5. The van der Waals surface area contributed by atoms with E-state index < -0.39 is 0 Å². The second-order valence-corrected chi connectivity index (χ2v) is 9.51. The van der Waals surface area contributed by atoms with Crippen molar-refractivity contribution in [3.8, 4) is 0 Å². The van der Waals surface area contributed by atoms with Crippen LogP contribution in [0.25, 0.3) is 5.57 Å². The molecule has 6 nitrogen and oxygen atoms in total. The molecule has 0 radical (unpaired) electrons. The molecule has 2 saturated heterocycles. The van der Waals surface area contributed by atoms with Crippen LogP contribution in [0.2, 0.25) is 0 Å². The molecule has 0 unspecified atom stereocenters. The molecule has 6 heteroatoms. The van der Waals surface area contributed by atoms with E-state index in [1.165, 1.54) is 4.90 Å². The molecule has 2 aromatic rings. The summed E-state index contributed by atoms with van der Waals surface area (Å²) in [5.74, 6) is 0.209. The molecule has 3 aliphatic rings. The van der Waals surface area contributed by atoms with Crippen molar-refractivity contribution >= 4 is 28.8 Å². The van der Waals surface area contributed by atoms with Gasteiger partial charge in [-0.25, -0.2) is 4.90 Å². The Labute approximate surface area is 196 Å². The van der Waals surface area contributed by atoms with Gasteiger partial charge < -0.3 is 14.7 Å². The average molecular weight is 445 g/mol. The van der Waals surface area contributed by atoms with Gasteiger partial charge in [0.05, 0.1) is 11.3 Å². The number of rotatable bonds is 4. The van der Waals surface area contributed by atoms with Gasteiger partial charge in [-0.2, -0.15) is 0 Å². The quantitative estimate of drug-likeness (QED) is 0.676. The number of carbonyl (C=O) groups is 2. The number of anilines is 2. The first-order valence-electron chi connectivity index (χ1n) is 12.0. The molecule has 2 amide bonds. The Morgan fingerprint density at radius 3 is 1.94 bits per heavy atom. The van der Waals surface area contributed by atoms with E-state index in [1.807, 2.05) is 54.6 Å². The molecular formula is C27H32N4O2. The van der Waals surface area contributed by atoms with Gasteiger partial charge in [-0.1, -0.05) is 37.3 Å². The Morgan fingerprint density at radius 1 is 0.697 bits per heavy atom. The van der Waals surface area contributed by atoms with Crippen molar-refractivity contribution in [1.82, 2.24) is 9.80 Å². The zero-order valence-corrected chi connectivity index (χ0v) is 19.5. The number of benzene rings is 2. The molecule has 0 atom stereocenters. The van der Waals surface area contributed by atoms with E-state index >= 15 is 0 Å². The summed E-state index contributed by atoms with van der Waals surface area (Å²) < 4.78 is 0. The number of hydrogen-bond donors (Lipinski definition) is 0. The van der Waals surface area contributed by atoms with Crippen molar-refractivity contribution < 1.29 is 9.59 Å². The summed E-state index contributed by atoms with van der Waals surface area (Å²) in [5, 5.41) is 0. The van der Waals surface area contributed by atoms with E-state index in [1.54, 1.807) is 0 Å². The molecule has 2 aromatic carbocycles. The monoisotopic (exact) mass is 444 g/mol. The van der Waals surface area contributed by atoms with Crippen molar-refractivity contribution in [2.45, 2.75) is 19.8 Å². The van der Waals surface area contributed by atoms with Gasteiger partial charge in [0.15, 0.2) is 0 Å². The van der Waals surface area contributed by atoms with Crippen LogP contribution in [0.15, 0.2) is 60.3 Å². The molecule has 172 valence electrons. The lowest BCUT2D eigenvalue weighted by Crippen LogP contribution is -2.44. The summed E-state index contributed by atoms with van der Waals surface area (Å²) in [7, 11) is 2.14. The third-order valence-corrected chi connectivity index (χ3v) is 7.20. The maximum Gasteiger partial charge on any atom is 0.282 e. The average Bonchev–Trinajstić information content (AvgIpc) is 3.11. The van der Waals surface area contributed by atoms with E-state index in [9.17, 15) is 9.59 Å². The van der Waals surface area contributed by atoms with Gasteiger partial charge >= 0.3 is 0 Å². The lowest BCUT2D eigenvalue weighted by molar-refractivity contribution is -0.120. The Hall–Kier alpha value is -3.12. The molecule has 2 fully saturated rings. The fraction of sp³-hybridized carbons (Fsp3) is 0.407.